The van der Waals surface area contributed by atoms with Gasteiger partial charge in [0.05, 0.1) is 12.1 Å². The smallest absolute Gasteiger partial charge is 0.408 e. The van der Waals surface area contributed by atoms with E-state index in [0.29, 0.717) is 16.3 Å². The van der Waals surface area contributed by atoms with Crippen molar-refractivity contribution in [1.29, 1.82) is 0 Å². The molecule has 0 spiro atoms. The highest BCUT2D eigenvalue weighted by Gasteiger charge is 2.27. The van der Waals surface area contributed by atoms with Gasteiger partial charge in [0.15, 0.2) is 0 Å². The van der Waals surface area contributed by atoms with Crippen LogP contribution in [0.25, 0.3) is 0 Å². The van der Waals surface area contributed by atoms with Gasteiger partial charge in [-0.15, -0.1) is 0 Å². The molecule has 3 rings (SSSR count). The molecule has 0 aliphatic carbocycles. The lowest BCUT2D eigenvalue weighted by Gasteiger charge is -2.22. The number of carboxylic acids is 1. The fraction of sp³-hybridized carbons (Fsp3) is 0.222. The summed E-state index contributed by atoms with van der Waals surface area (Å²) in [5.74, 6) is -1.42. The van der Waals surface area contributed by atoms with Gasteiger partial charge in [0.2, 0.25) is 5.91 Å². The Labute approximate surface area is 214 Å². The van der Waals surface area contributed by atoms with E-state index >= 15 is 0 Å². The second-order valence-electron chi connectivity index (χ2n) is 8.02. The van der Waals surface area contributed by atoms with Crippen LogP contribution in [-0.2, 0) is 33.8 Å². The molecule has 0 saturated heterocycles. The van der Waals surface area contributed by atoms with Crippen LogP contribution in [0, 0.1) is 0 Å². The third-order valence-corrected chi connectivity index (χ3v) is 5.67. The molecule has 0 aliphatic rings. The fourth-order valence-electron chi connectivity index (χ4n) is 3.51. The largest absolute Gasteiger partial charge is 0.495 e. The summed E-state index contributed by atoms with van der Waals surface area (Å²) in [6.07, 6.45) is -0.654. The molecule has 3 aromatic carbocycles. The zero-order valence-corrected chi connectivity index (χ0v) is 20.4. The second kappa shape index (κ2) is 13.2. The van der Waals surface area contributed by atoms with Crippen molar-refractivity contribution < 1.29 is 29.0 Å². The number of alkyl carbamates (subject to hydrolysis) is 1. The van der Waals surface area contributed by atoms with Crippen molar-refractivity contribution in [3.8, 4) is 5.75 Å². The molecule has 0 heterocycles. The van der Waals surface area contributed by atoms with Gasteiger partial charge in [0, 0.05) is 12.8 Å². The van der Waals surface area contributed by atoms with Gasteiger partial charge in [-0.25, -0.2) is 9.59 Å². The number of amides is 2. The molecule has 0 saturated carbocycles. The van der Waals surface area contributed by atoms with Crippen LogP contribution in [0.3, 0.4) is 0 Å². The summed E-state index contributed by atoms with van der Waals surface area (Å²) >= 11 is 6.15. The number of carbonyl (C=O) groups excluding carboxylic acids is 2. The zero-order valence-electron chi connectivity index (χ0n) is 19.6. The van der Waals surface area contributed by atoms with Crippen molar-refractivity contribution in [2.24, 2.45) is 0 Å². The second-order valence-corrected chi connectivity index (χ2v) is 8.43. The summed E-state index contributed by atoms with van der Waals surface area (Å²) in [5.41, 5.74) is 2.18. The van der Waals surface area contributed by atoms with Gasteiger partial charge in [-0.05, 0) is 28.8 Å². The summed E-state index contributed by atoms with van der Waals surface area (Å²) in [6, 6.07) is 20.8. The maximum atomic E-state index is 13.1. The summed E-state index contributed by atoms with van der Waals surface area (Å²) in [7, 11) is 1.48. The quantitative estimate of drug-likeness (QED) is 0.359. The normalized spacial score (nSPS) is 12.2. The van der Waals surface area contributed by atoms with E-state index in [1.54, 1.807) is 18.2 Å². The van der Waals surface area contributed by atoms with E-state index in [1.807, 2.05) is 60.7 Å². The molecule has 36 heavy (non-hydrogen) atoms. The van der Waals surface area contributed by atoms with E-state index in [-0.39, 0.29) is 19.4 Å². The number of hydrogen-bond acceptors (Lipinski definition) is 5. The molecule has 0 fully saturated rings. The van der Waals surface area contributed by atoms with Crippen molar-refractivity contribution in [3.63, 3.8) is 0 Å². The molecule has 0 bridgehead atoms. The van der Waals surface area contributed by atoms with Crippen LogP contribution in [0.1, 0.15) is 16.7 Å². The Hall–Kier alpha value is -4.04. The van der Waals surface area contributed by atoms with E-state index in [9.17, 15) is 19.5 Å². The van der Waals surface area contributed by atoms with Gasteiger partial charge >= 0.3 is 12.1 Å². The van der Waals surface area contributed by atoms with Crippen molar-refractivity contribution in [2.75, 3.05) is 7.11 Å². The van der Waals surface area contributed by atoms with E-state index < -0.39 is 30.1 Å². The fourth-order valence-corrected chi connectivity index (χ4v) is 3.79. The van der Waals surface area contributed by atoms with E-state index in [1.165, 1.54) is 7.11 Å². The molecule has 9 heteroatoms. The van der Waals surface area contributed by atoms with E-state index in [2.05, 4.69) is 10.6 Å². The number of carboxylic acid groups (broad SMARTS) is 1. The molecule has 2 amide bonds. The van der Waals surface area contributed by atoms with Crippen molar-refractivity contribution in [2.45, 2.75) is 31.5 Å². The minimum Gasteiger partial charge on any atom is -0.495 e. The van der Waals surface area contributed by atoms with Crippen molar-refractivity contribution in [1.82, 2.24) is 10.6 Å². The first-order valence-corrected chi connectivity index (χ1v) is 11.6. The Kier molecular flexibility index (Phi) is 9.71. The van der Waals surface area contributed by atoms with Gasteiger partial charge in [-0.3, -0.25) is 4.79 Å². The SMILES string of the molecule is COc1ccc(C[C@@H](NC(=O)[C@@H](Cc2ccccc2)NC(=O)OCc2ccccc2)C(=O)O)cc1Cl. The topological polar surface area (TPSA) is 114 Å². The Balaban J connectivity index is 1.70. The monoisotopic (exact) mass is 510 g/mol. The Morgan fingerprint density at radius 3 is 2.03 bits per heavy atom. The van der Waals surface area contributed by atoms with Crippen LogP contribution in [0.5, 0.6) is 5.75 Å². The maximum Gasteiger partial charge on any atom is 0.408 e. The number of hydrogen-bond donors (Lipinski definition) is 3. The molecule has 3 N–H and O–H groups in total. The first kappa shape index (κ1) is 26.6. The van der Waals surface area contributed by atoms with E-state index in [0.717, 1.165) is 11.1 Å². The Bertz CT molecular complexity index is 1170. The van der Waals surface area contributed by atoms with Crippen LogP contribution in [0.4, 0.5) is 4.79 Å². The number of carbonyl (C=O) groups is 3. The van der Waals surface area contributed by atoms with Gasteiger partial charge in [-0.2, -0.15) is 0 Å². The minimum atomic E-state index is -1.25. The van der Waals surface area contributed by atoms with Crippen molar-refractivity contribution >= 4 is 29.6 Å². The third-order valence-electron chi connectivity index (χ3n) is 5.37. The first-order valence-electron chi connectivity index (χ1n) is 11.2. The summed E-state index contributed by atoms with van der Waals surface area (Å²) in [6.45, 7) is 0.0301. The molecule has 0 aliphatic heterocycles. The molecule has 188 valence electrons. The average Bonchev–Trinajstić information content (AvgIpc) is 2.88. The van der Waals surface area contributed by atoms with Crippen LogP contribution in [0.15, 0.2) is 78.9 Å². The van der Waals surface area contributed by atoms with Crippen molar-refractivity contribution in [3.05, 3.63) is 101 Å². The summed E-state index contributed by atoms with van der Waals surface area (Å²) in [4.78, 5) is 37.5. The lowest BCUT2D eigenvalue weighted by atomic mass is 10.0. The lowest BCUT2D eigenvalue weighted by molar-refractivity contribution is -0.142. The van der Waals surface area contributed by atoms with E-state index in [4.69, 9.17) is 21.1 Å². The van der Waals surface area contributed by atoms with Gasteiger partial charge in [0.1, 0.15) is 24.4 Å². The standard InChI is InChI=1S/C27H27ClN2O6/c1-35-24-13-12-20(14-21(24)28)16-23(26(32)33)29-25(31)22(15-18-8-4-2-5-9-18)30-27(34)36-17-19-10-6-3-7-11-19/h2-14,22-23H,15-17H2,1H3,(H,29,31)(H,30,34)(H,32,33)/t22-,23-/m1/s1. The highest BCUT2D eigenvalue weighted by Crippen LogP contribution is 2.25. The molecule has 0 unspecified atom stereocenters. The van der Waals surface area contributed by atoms with Crippen LogP contribution >= 0.6 is 11.6 Å². The molecule has 0 aromatic heterocycles. The maximum absolute atomic E-state index is 13.1. The molecular formula is C27H27ClN2O6. The van der Waals surface area contributed by atoms with Gasteiger partial charge in [-0.1, -0.05) is 78.3 Å². The molecular weight excluding hydrogens is 484 g/mol. The molecule has 3 aromatic rings. The number of nitrogens with one attached hydrogen (secondary N) is 2. The number of aliphatic carboxylic acids is 1. The highest BCUT2D eigenvalue weighted by atomic mass is 35.5. The third kappa shape index (κ3) is 8.02. The summed E-state index contributed by atoms with van der Waals surface area (Å²) in [5, 5.41) is 15.2. The molecule has 2 atom stereocenters. The van der Waals surface area contributed by atoms with Crippen LogP contribution in [0.2, 0.25) is 5.02 Å². The van der Waals surface area contributed by atoms with Gasteiger partial charge < -0.3 is 25.2 Å². The highest BCUT2D eigenvalue weighted by molar-refractivity contribution is 6.32. The molecule has 0 radical (unpaired) electrons. The number of methoxy groups -OCH3 is 1. The number of ether oxygens (including phenoxy) is 2. The first-order chi connectivity index (χ1) is 17.4. The predicted octanol–water partition coefficient (Wildman–Crippen LogP) is 4.00. The average molecular weight is 511 g/mol. The number of benzene rings is 3. The molecule has 8 nitrogen and oxygen atoms in total. The Morgan fingerprint density at radius 2 is 1.44 bits per heavy atom. The van der Waals surface area contributed by atoms with Gasteiger partial charge in [0.25, 0.3) is 0 Å². The van der Waals surface area contributed by atoms with Crippen LogP contribution < -0.4 is 15.4 Å². The van der Waals surface area contributed by atoms with Crippen LogP contribution in [-0.4, -0.2) is 42.3 Å². The Morgan fingerprint density at radius 1 is 0.833 bits per heavy atom. The minimum absolute atomic E-state index is 0.0126. The predicted molar refractivity (Wildman–Crippen MR) is 135 cm³/mol. The number of rotatable bonds is 11. The lowest BCUT2D eigenvalue weighted by Crippen LogP contribution is -2.53. The number of halogens is 1. The zero-order chi connectivity index (χ0) is 25.9. The summed E-state index contributed by atoms with van der Waals surface area (Å²) < 4.78 is 10.4.